The van der Waals surface area contributed by atoms with E-state index in [9.17, 15) is 9.90 Å². The highest BCUT2D eigenvalue weighted by molar-refractivity contribution is 6.32. The fourth-order valence-corrected chi connectivity index (χ4v) is 4.89. The number of hydrogen-bond acceptors (Lipinski definition) is 5. The Balaban J connectivity index is 1.60. The van der Waals surface area contributed by atoms with Gasteiger partial charge in [0.15, 0.2) is 0 Å². The molecule has 1 N–H and O–H groups in total. The van der Waals surface area contributed by atoms with Crippen molar-refractivity contribution in [3.8, 4) is 11.5 Å². The number of piperazine rings is 1. The van der Waals surface area contributed by atoms with E-state index in [4.69, 9.17) is 16.3 Å². The molecule has 0 bridgehead atoms. The third-order valence-corrected chi connectivity index (χ3v) is 6.78. The van der Waals surface area contributed by atoms with Crippen LogP contribution in [-0.4, -0.2) is 48.6 Å². The summed E-state index contributed by atoms with van der Waals surface area (Å²) in [6, 6.07) is 9.81. The highest BCUT2D eigenvalue weighted by atomic mass is 35.5. The monoisotopic (exact) mass is 414 g/mol. The van der Waals surface area contributed by atoms with E-state index >= 15 is 0 Å². The number of carbonyl (C=O) groups is 1. The zero-order chi connectivity index (χ0) is 20.7. The molecule has 6 heteroatoms. The van der Waals surface area contributed by atoms with Gasteiger partial charge in [0.2, 0.25) is 0 Å². The highest BCUT2D eigenvalue weighted by Crippen LogP contribution is 2.39. The van der Waals surface area contributed by atoms with E-state index in [1.54, 1.807) is 13.2 Å². The molecule has 2 aromatic carbocycles. The van der Waals surface area contributed by atoms with Crippen molar-refractivity contribution in [2.24, 2.45) is 0 Å². The van der Waals surface area contributed by atoms with Crippen LogP contribution in [0.15, 0.2) is 30.3 Å². The molecule has 5 nitrogen and oxygen atoms in total. The first-order chi connectivity index (χ1) is 13.9. The molecule has 0 saturated carbocycles. The number of phenols is 1. The van der Waals surface area contributed by atoms with Crippen LogP contribution in [0.2, 0.25) is 5.02 Å². The number of ether oxygens (including phenoxy) is 1. The Kier molecular flexibility index (Phi) is 5.45. The molecule has 154 valence electrons. The van der Waals surface area contributed by atoms with E-state index in [-0.39, 0.29) is 12.1 Å². The lowest BCUT2D eigenvalue weighted by molar-refractivity contribution is -0.125. The Morgan fingerprint density at radius 3 is 2.66 bits per heavy atom. The molecule has 2 atom stereocenters. The number of phenolic OH excluding ortho intramolecular Hbond substituents is 1. The van der Waals surface area contributed by atoms with Gasteiger partial charge in [0.05, 0.1) is 12.1 Å². The van der Waals surface area contributed by atoms with Gasteiger partial charge < -0.3 is 14.7 Å². The summed E-state index contributed by atoms with van der Waals surface area (Å²) in [5.74, 6) is 1.28. The van der Waals surface area contributed by atoms with Crippen molar-refractivity contribution < 1.29 is 14.6 Å². The molecule has 0 amide bonds. The van der Waals surface area contributed by atoms with Crippen LogP contribution < -0.4 is 9.64 Å². The zero-order valence-electron chi connectivity index (χ0n) is 17.1. The number of benzene rings is 2. The van der Waals surface area contributed by atoms with Crippen LogP contribution in [0, 0.1) is 13.8 Å². The molecule has 2 aliphatic rings. The number of methoxy groups -OCH3 is 1. The molecule has 0 radical (unpaired) electrons. The van der Waals surface area contributed by atoms with Gasteiger partial charge in [-0.1, -0.05) is 17.7 Å². The number of nitrogens with zero attached hydrogens (tertiary/aromatic N) is 2. The number of ketones is 1. The summed E-state index contributed by atoms with van der Waals surface area (Å²) >= 11 is 6.18. The van der Waals surface area contributed by atoms with Crippen molar-refractivity contribution in [3.05, 3.63) is 52.0 Å². The van der Waals surface area contributed by atoms with E-state index in [1.807, 2.05) is 38.1 Å². The number of halogens is 1. The lowest BCUT2D eigenvalue weighted by Crippen LogP contribution is -2.57. The summed E-state index contributed by atoms with van der Waals surface area (Å²) in [7, 11) is 1.62. The SMILES string of the molecule is COc1cc(N2CCN3C(CC(=O)CC3c3ccc(O)c(C)c3C)C2)ccc1Cl. The van der Waals surface area contributed by atoms with E-state index in [0.29, 0.717) is 35.1 Å². The Morgan fingerprint density at radius 1 is 1.10 bits per heavy atom. The van der Waals surface area contributed by atoms with Crippen molar-refractivity contribution in [1.29, 1.82) is 0 Å². The maximum atomic E-state index is 12.6. The first-order valence-electron chi connectivity index (χ1n) is 10.0. The number of anilines is 1. The summed E-state index contributed by atoms with van der Waals surface area (Å²) < 4.78 is 5.37. The normalized spacial score (nSPS) is 22.5. The molecule has 2 heterocycles. The first kappa shape index (κ1) is 20.0. The van der Waals surface area contributed by atoms with Crippen molar-refractivity contribution in [1.82, 2.24) is 4.90 Å². The van der Waals surface area contributed by atoms with Crippen molar-refractivity contribution in [2.75, 3.05) is 31.6 Å². The van der Waals surface area contributed by atoms with Crippen LogP contribution >= 0.6 is 11.6 Å². The van der Waals surface area contributed by atoms with Gasteiger partial charge in [-0.3, -0.25) is 9.69 Å². The molecule has 2 aromatic rings. The fourth-order valence-electron chi connectivity index (χ4n) is 4.70. The standard InChI is InChI=1S/C23H27ClN2O3/c1-14-15(2)22(28)7-5-19(14)21-12-18(27)10-17-13-25(8-9-26(17)21)16-4-6-20(24)23(11-16)29-3/h4-7,11,17,21,28H,8-10,12-13H2,1-3H3. The molecule has 2 fully saturated rings. The van der Waals surface area contributed by atoms with Gasteiger partial charge in [0, 0.05) is 56.3 Å². The van der Waals surface area contributed by atoms with E-state index < -0.39 is 0 Å². The zero-order valence-corrected chi connectivity index (χ0v) is 17.9. The summed E-state index contributed by atoms with van der Waals surface area (Å²) in [4.78, 5) is 17.4. The molecule has 2 unspecified atom stereocenters. The molecule has 0 aromatic heterocycles. The van der Waals surface area contributed by atoms with E-state index in [0.717, 1.165) is 42.0 Å². The predicted molar refractivity (Wildman–Crippen MR) is 115 cm³/mol. The van der Waals surface area contributed by atoms with Gasteiger partial charge in [0.1, 0.15) is 17.3 Å². The fraction of sp³-hybridized carbons (Fsp3) is 0.435. The van der Waals surface area contributed by atoms with Crippen molar-refractivity contribution in [3.63, 3.8) is 0 Å². The first-order valence-corrected chi connectivity index (χ1v) is 10.4. The van der Waals surface area contributed by atoms with E-state index in [1.165, 1.54) is 0 Å². The highest BCUT2D eigenvalue weighted by Gasteiger charge is 2.39. The minimum atomic E-state index is 0.0717. The molecular weight excluding hydrogens is 388 g/mol. The maximum Gasteiger partial charge on any atom is 0.139 e. The van der Waals surface area contributed by atoms with Gasteiger partial charge in [0.25, 0.3) is 0 Å². The Hall–Kier alpha value is -2.24. The molecule has 4 rings (SSSR count). The second-order valence-electron chi connectivity index (χ2n) is 8.04. The van der Waals surface area contributed by atoms with Crippen LogP contribution in [0.25, 0.3) is 0 Å². The van der Waals surface area contributed by atoms with Crippen LogP contribution in [0.4, 0.5) is 5.69 Å². The smallest absolute Gasteiger partial charge is 0.139 e. The predicted octanol–water partition coefficient (Wildman–Crippen LogP) is 4.27. The maximum absolute atomic E-state index is 12.6. The summed E-state index contributed by atoms with van der Waals surface area (Å²) in [6.07, 6.45) is 1.12. The lowest BCUT2D eigenvalue weighted by atomic mass is 9.85. The average Bonchev–Trinajstić information content (AvgIpc) is 2.71. The van der Waals surface area contributed by atoms with Gasteiger partial charge in [-0.15, -0.1) is 0 Å². The topological polar surface area (TPSA) is 53.0 Å². The van der Waals surface area contributed by atoms with Crippen LogP contribution in [0.5, 0.6) is 11.5 Å². The second-order valence-corrected chi connectivity index (χ2v) is 8.45. The number of carbonyl (C=O) groups excluding carboxylic acids is 1. The number of piperidine rings is 1. The Morgan fingerprint density at radius 2 is 1.90 bits per heavy atom. The minimum Gasteiger partial charge on any atom is -0.508 e. The third-order valence-electron chi connectivity index (χ3n) is 6.47. The van der Waals surface area contributed by atoms with Crippen LogP contribution in [-0.2, 0) is 4.79 Å². The number of aromatic hydroxyl groups is 1. The number of hydrogen-bond donors (Lipinski definition) is 1. The Bertz CT molecular complexity index is 946. The van der Waals surface area contributed by atoms with E-state index in [2.05, 4.69) is 9.80 Å². The minimum absolute atomic E-state index is 0.0717. The molecule has 2 aliphatic heterocycles. The molecule has 0 spiro atoms. The molecule has 0 aliphatic carbocycles. The Labute approximate surface area is 176 Å². The quantitative estimate of drug-likeness (QED) is 0.813. The van der Waals surface area contributed by atoms with Gasteiger partial charge >= 0.3 is 0 Å². The second kappa shape index (κ2) is 7.88. The summed E-state index contributed by atoms with van der Waals surface area (Å²) in [6.45, 7) is 6.52. The van der Waals surface area contributed by atoms with Crippen LogP contribution in [0.1, 0.15) is 35.6 Å². The number of Topliss-reactive ketones (excluding diaryl/α,β-unsaturated/α-hetero) is 1. The summed E-state index contributed by atoms with van der Waals surface area (Å²) in [5.41, 5.74) is 4.19. The molecule has 29 heavy (non-hydrogen) atoms. The number of fused-ring (bicyclic) bond motifs is 1. The third kappa shape index (κ3) is 3.69. The van der Waals surface area contributed by atoms with Gasteiger partial charge in [-0.2, -0.15) is 0 Å². The number of rotatable bonds is 3. The largest absolute Gasteiger partial charge is 0.508 e. The lowest BCUT2D eigenvalue weighted by Gasteiger charge is -2.49. The average molecular weight is 415 g/mol. The van der Waals surface area contributed by atoms with Gasteiger partial charge in [-0.05, 0) is 48.7 Å². The van der Waals surface area contributed by atoms with Gasteiger partial charge in [-0.25, -0.2) is 0 Å². The molecular formula is C23H27ClN2O3. The van der Waals surface area contributed by atoms with Crippen molar-refractivity contribution >= 4 is 23.1 Å². The van der Waals surface area contributed by atoms with Crippen LogP contribution in [0.3, 0.4) is 0 Å². The summed E-state index contributed by atoms with van der Waals surface area (Å²) in [5, 5.41) is 10.6. The van der Waals surface area contributed by atoms with Crippen molar-refractivity contribution in [2.45, 2.75) is 38.8 Å². The molecule has 2 saturated heterocycles.